The zero-order valence-electron chi connectivity index (χ0n) is 13.7. The molecule has 0 aromatic rings. The van der Waals surface area contributed by atoms with E-state index >= 15 is 0 Å². The van der Waals surface area contributed by atoms with Crippen molar-refractivity contribution in [1.29, 1.82) is 0 Å². The van der Waals surface area contributed by atoms with Crippen molar-refractivity contribution >= 4 is 6.09 Å². The summed E-state index contributed by atoms with van der Waals surface area (Å²) in [6, 6.07) is 0. The van der Waals surface area contributed by atoms with Crippen molar-refractivity contribution in [2.24, 2.45) is 5.92 Å². The number of β-amino-alcohol motifs (C(OH)–C–C–N with tert-alkyl or cyclic N) is 1. The van der Waals surface area contributed by atoms with Crippen LogP contribution in [0.3, 0.4) is 0 Å². The number of amides is 1. The molecule has 0 aromatic heterocycles. The van der Waals surface area contributed by atoms with Crippen molar-refractivity contribution in [3.8, 4) is 0 Å². The van der Waals surface area contributed by atoms with Gasteiger partial charge in [0.2, 0.25) is 0 Å². The van der Waals surface area contributed by atoms with Gasteiger partial charge in [-0.05, 0) is 58.9 Å². The molecule has 1 amide bonds. The van der Waals surface area contributed by atoms with Crippen LogP contribution in [0.5, 0.6) is 0 Å². The minimum atomic E-state index is -0.419. The summed E-state index contributed by atoms with van der Waals surface area (Å²) in [6.07, 6.45) is 3.76. The lowest BCUT2D eigenvalue weighted by Crippen LogP contribution is -2.45. The molecule has 21 heavy (non-hydrogen) atoms. The number of hydrogen-bond donors (Lipinski definition) is 1. The maximum atomic E-state index is 12.0. The molecular formula is C16H30N2O3. The van der Waals surface area contributed by atoms with Crippen LogP contribution in [0.25, 0.3) is 0 Å². The van der Waals surface area contributed by atoms with Crippen molar-refractivity contribution in [2.75, 3.05) is 32.7 Å². The molecule has 0 saturated carbocycles. The van der Waals surface area contributed by atoms with Crippen molar-refractivity contribution in [2.45, 2.75) is 58.2 Å². The molecule has 5 heteroatoms. The number of likely N-dealkylation sites (tertiary alicyclic amines) is 2. The molecule has 2 aliphatic heterocycles. The fraction of sp³-hybridized carbons (Fsp3) is 0.938. The van der Waals surface area contributed by atoms with Crippen LogP contribution in [-0.2, 0) is 4.74 Å². The monoisotopic (exact) mass is 298 g/mol. The van der Waals surface area contributed by atoms with Gasteiger partial charge in [0.15, 0.2) is 0 Å². The highest BCUT2D eigenvalue weighted by Crippen LogP contribution is 2.22. The van der Waals surface area contributed by atoms with Gasteiger partial charge in [-0.1, -0.05) is 0 Å². The molecular weight excluding hydrogens is 268 g/mol. The molecule has 2 fully saturated rings. The average Bonchev–Trinajstić information content (AvgIpc) is 2.37. The topological polar surface area (TPSA) is 53.0 Å². The van der Waals surface area contributed by atoms with Crippen LogP contribution in [0.15, 0.2) is 0 Å². The lowest BCUT2D eigenvalue weighted by Gasteiger charge is -2.37. The van der Waals surface area contributed by atoms with Gasteiger partial charge in [0.05, 0.1) is 6.10 Å². The first-order chi connectivity index (χ1) is 9.83. The van der Waals surface area contributed by atoms with E-state index in [0.717, 1.165) is 58.4 Å². The lowest BCUT2D eigenvalue weighted by atomic mass is 9.95. The summed E-state index contributed by atoms with van der Waals surface area (Å²) < 4.78 is 5.42. The highest BCUT2D eigenvalue weighted by atomic mass is 16.6. The second-order valence-electron chi connectivity index (χ2n) is 7.47. The molecule has 1 atom stereocenters. The first-order valence-corrected chi connectivity index (χ1v) is 8.22. The quantitative estimate of drug-likeness (QED) is 0.848. The fourth-order valence-corrected chi connectivity index (χ4v) is 3.19. The van der Waals surface area contributed by atoms with E-state index < -0.39 is 5.60 Å². The Morgan fingerprint density at radius 3 is 2.43 bits per heavy atom. The predicted octanol–water partition coefficient (Wildman–Crippen LogP) is 2.09. The van der Waals surface area contributed by atoms with Gasteiger partial charge in [-0.2, -0.15) is 0 Å². The zero-order chi connectivity index (χ0) is 15.5. The van der Waals surface area contributed by atoms with Crippen molar-refractivity contribution < 1.29 is 14.6 Å². The van der Waals surface area contributed by atoms with Crippen LogP contribution in [0.2, 0.25) is 0 Å². The Morgan fingerprint density at radius 1 is 1.19 bits per heavy atom. The van der Waals surface area contributed by atoms with Crippen molar-refractivity contribution in [3.05, 3.63) is 0 Å². The molecule has 0 aliphatic carbocycles. The van der Waals surface area contributed by atoms with E-state index in [1.165, 1.54) is 0 Å². The van der Waals surface area contributed by atoms with Crippen LogP contribution in [0.1, 0.15) is 46.5 Å². The summed E-state index contributed by atoms with van der Waals surface area (Å²) in [5.41, 5.74) is -0.419. The number of ether oxygens (including phenoxy) is 1. The molecule has 2 rings (SSSR count). The summed E-state index contributed by atoms with van der Waals surface area (Å²) in [4.78, 5) is 16.2. The lowest BCUT2D eigenvalue weighted by molar-refractivity contribution is 0.0144. The fourth-order valence-electron chi connectivity index (χ4n) is 3.19. The van der Waals surface area contributed by atoms with Crippen LogP contribution < -0.4 is 0 Å². The van der Waals surface area contributed by atoms with Gasteiger partial charge in [-0.15, -0.1) is 0 Å². The Labute approximate surface area is 128 Å². The Kier molecular flexibility index (Phi) is 5.49. The van der Waals surface area contributed by atoms with E-state index in [0.29, 0.717) is 5.92 Å². The SMILES string of the molecule is CC(C)(C)OC(=O)N1CCC(CN2CCC[C@H](O)C2)CC1. The van der Waals surface area contributed by atoms with E-state index in [1.54, 1.807) is 0 Å². The summed E-state index contributed by atoms with van der Waals surface area (Å²) in [6.45, 7) is 10.2. The normalized spacial score (nSPS) is 25.9. The largest absolute Gasteiger partial charge is 0.444 e. The Bertz CT molecular complexity index is 346. The number of rotatable bonds is 2. The number of carbonyl (C=O) groups excluding carboxylic acids is 1. The molecule has 2 aliphatic rings. The number of aliphatic hydroxyl groups excluding tert-OH is 1. The number of nitrogens with zero attached hydrogens (tertiary/aromatic N) is 2. The zero-order valence-corrected chi connectivity index (χ0v) is 13.7. The predicted molar refractivity (Wildman–Crippen MR) is 82.2 cm³/mol. The highest BCUT2D eigenvalue weighted by molar-refractivity contribution is 5.68. The first-order valence-electron chi connectivity index (χ1n) is 8.22. The van der Waals surface area contributed by atoms with Crippen LogP contribution in [0.4, 0.5) is 4.79 Å². The first kappa shape index (κ1) is 16.6. The van der Waals surface area contributed by atoms with E-state index in [1.807, 2.05) is 25.7 Å². The molecule has 2 saturated heterocycles. The molecule has 0 spiro atoms. The van der Waals surface area contributed by atoms with Gasteiger partial charge in [0.25, 0.3) is 0 Å². The van der Waals surface area contributed by atoms with Crippen LogP contribution in [-0.4, -0.2) is 65.4 Å². The molecule has 122 valence electrons. The Morgan fingerprint density at radius 2 is 1.86 bits per heavy atom. The van der Waals surface area contributed by atoms with Crippen molar-refractivity contribution in [3.63, 3.8) is 0 Å². The Hall–Kier alpha value is -0.810. The minimum absolute atomic E-state index is 0.152. The smallest absolute Gasteiger partial charge is 0.410 e. The third kappa shape index (κ3) is 5.47. The maximum absolute atomic E-state index is 12.0. The van der Waals surface area contributed by atoms with E-state index in [9.17, 15) is 9.90 Å². The van der Waals surface area contributed by atoms with E-state index in [2.05, 4.69) is 4.90 Å². The summed E-state index contributed by atoms with van der Waals surface area (Å²) in [5, 5.41) is 9.72. The van der Waals surface area contributed by atoms with E-state index in [-0.39, 0.29) is 12.2 Å². The molecule has 0 aromatic carbocycles. The highest BCUT2D eigenvalue weighted by Gasteiger charge is 2.28. The standard InChI is InChI=1S/C16H30N2O3/c1-16(2,3)21-15(20)18-9-6-13(7-10-18)11-17-8-4-5-14(19)12-17/h13-14,19H,4-12H2,1-3H3/t14-/m0/s1. The van der Waals surface area contributed by atoms with Crippen molar-refractivity contribution in [1.82, 2.24) is 9.80 Å². The van der Waals surface area contributed by atoms with Gasteiger partial charge in [0, 0.05) is 26.2 Å². The van der Waals surface area contributed by atoms with E-state index in [4.69, 9.17) is 4.74 Å². The van der Waals surface area contributed by atoms with Crippen LogP contribution >= 0.6 is 0 Å². The molecule has 0 radical (unpaired) electrons. The number of aliphatic hydroxyl groups is 1. The van der Waals surface area contributed by atoms with Gasteiger partial charge in [-0.25, -0.2) is 4.79 Å². The van der Waals surface area contributed by atoms with Gasteiger partial charge in [0.1, 0.15) is 5.60 Å². The van der Waals surface area contributed by atoms with Gasteiger partial charge < -0.3 is 19.6 Å². The number of carbonyl (C=O) groups is 1. The molecule has 5 nitrogen and oxygen atoms in total. The average molecular weight is 298 g/mol. The summed E-state index contributed by atoms with van der Waals surface area (Å²) >= 11 is 0. The Balaban J connectivity index is 1.71. The van der Waals surface area contributed by atoms with Gasteiger partial charge in [-0.3, -0.25) is 0 Å². The maximum Gasteiger partial charge on any atom is 0.410 e. The number of piperidine rings is 2. The third-order valence-corrected chi connectivity index (χ3v) is 4.26. The molecule has 0 bridgehead atoms. The number of hydrogen-bond acceptors (Lipinski definition) is 4. The molecule has 0 unspecified atom stereocenters. The van der Waals surface area contributed by atoms with Crippen LogP contribution in [0, 0.1) is 5.92 Å². The molecule has 1 N–H and O–H groups in total. The minimum Gasteiger partial charge on any atom is -0.444 e. The second kappa shape index (κ2) is 6.97. The third-order valence-electron chi connectivity index (χ3n) is 4.26. The second-order valence-corrected chi connectivity index (χ2v) is 7.47. The summed E-state index contributed by atoms with van der Waals surface area (Å²) in [7, 11) is 0. The molecule has 2 heterocycles. The summed E-state index contributed by atoms with van der Waals surface area (Å²) in [5.74, 6) is 0.633. The van der Waals surface area contributed by atoms with Gasteiger partial charge >= 0.3 is 6.09 Å².